The minimum atomic E-state index is -5.72. The average Bonchev–Trinajstić information content (AvgIpc) is 2.97. The van der Waals surface area contributed by atoms with Gasteiger partial charge in [-0.1, -0.05) is 89.0 Å². The van der Waals surface area contributed by atoms with Gasteiger partial charge in [0.2, 0.25) is 0 Å². The molecule has 42 heavy (non-hydrogen) atoms. The van der Waals surface area contributed by atoms with Crippen LogP contribution in [0.25, 0.3) is 10.8 Å². The predicted molar refractivity (Wildman–Crippen MR) is 152 cm³/mol. The number of benzene rings is 3. The smallest absolute Gasteiger partial charge is 0.266 e. The van der Waals surface area contributed by atoms with Gasteiger partial charge in [0.15, 0.2) is 28.2 Å². The fourth-order valence-corrected chi connectivity index (χ4v) is 6.92. The average molecular weight is 626 g/mol. The molecule has 0 saturated heterocycles. The zero-order valence-electron chi connectivity index (χ0n) is 23.1. The third-order valence-corrected chi connectivity index (χ3v) is 9.43. The second-order valence-electron chi connectivity index (χ2n) is 10.1. The van der Waals surface area contributed by atoms with Crippen LogP contribution in [-0.2, 0) is 14.4 Å². The summed E-state index contributed by atoms with van der Waals surface area (Å²) in [5.74, 6) is -10.5. The maximum atomic E-state index is 15.0. The Morgan fingerprint density at radius 2 is 1.19 bits per heavy atom. The number of carbonyl (C=O) groups is 2. The first-order valence-corrected chi connectivity index (χ1v) is 16.3. The Balaban J connectivity index is 1.43. The van der Waals surface area contributed by atoms with Crippen molar-refractivity contribution in [3.8, 4) is 0 Å². The highest BCUT2D eigenvalue weighted by molar-refractivity contribution is 7.99. The summed E-state index contributed by atoms with van der Waals surface area (Å²) in [4.78, 5) is 22.8. The summed E-state index contributed by atoms with van der Waals surface area (Å²) in [6, 6.07) is 8.84. The van der Waals surface area contributed by atoms with Gasteiger partial charge in [0.1, 0.15) is 0 Å². The van der Waals surface area contributed by atoms with Gasteiger partial charge in [-0.2, -0.15) is 8.42 Å². The lowest BCUT2D eigenvalue weighted by Gasteiger charge is -2.25. The molecule has 0 fully saturated rings. The van der Waals surface area contributed by atoms with E-state index in [0.717, 1.165) is 32.1 Å². The van der Waals surface area contributed by atoms with Gasteiger partial charge in [0.25, 0.3) is 11.8 Å². The molecule has 0 spiro atoms. The maximum absolute atomic E-state index is 15.0. The van der Waals surface area contributed by atoms with Gasteiger partial charge in [-0.3, -0.25) is 9.59 Å². The van der Waals surface area contributed by atoms with Crippen molar-refractivity contribution in [3.05, 3.63) is 70.8 Å². The van der Waals surface area contributed by atoms with Crippen molar-refractivity contribution in [3.63, 3.8) is 0 Å². The molecule has 3 aromatic rings. The minimum Gasteiger partial charge on any atom is -0.266 e. The Hall–Kier alpha value is -2.96. The lowest BCUT2D eigenvalue weighted by atomic mass is 9.95. The number of rotatable bonds is 15. The summed E-state index contributed by atoms with van der Waals surface area (Å²) < 4.78 is 89.9. The van der Waals surface area contributed by atoms with Crippen LogP contribution in [0.15, 0.2) is 46.2 Å². The molecular weight excluding hydrogens is 594 g/mol. The number of halogens is 4. The molecule has 1 heterocycles. The molecule has 0 saturated carbocycles. The molecule has 0 bridgehead atoms. The maximum Gasteiger partial charge on any atom is 0.324 e. The summed E-state index contributed by atoms with van der Waals surface area (Å²) in [6.07, 6.45) is 10.4. The number of hydrogen-bond donors (Lipinski definition) is 0. The first-order valence-electron chi connectivity index (χ1n) is 13.9. The van der Waals surface area contributed by atoms with Crippen LogP contribution in [0.4, 0.5) is 17.6 Å². The van der Waals surface area contributed by atoms with Crippen LogP contribution in [0.2, 0.25) is 0 Å². The lowest BCUT2D eigenvalue weighted by molar-refractivity contribution is -0.0158. The van der Waals surface area contributed by atoms with E-state index in [4.69, 9.17) is 0 Å². The van der Waals surface area contributed by atoms with Crippen molar-refractivity contribution >= 4 is 44.5 Å². The van der Waals surface area contributed by atoms with E-state index < -0.39 is 55.0 Å². The summed E-state index contributed by atoms with van der Waals surface area (Å²) in [5, 5.41) is 0.571. The number of hydroxylamine groups is 2. The Morgan fingerprint density at radius 3 is 1.69 bits per heavy atom. The summed E-state index contributed by atoms with van der Waals surface area (Å²) in [7, 11) is -5.72. The van der Waals surface area contributed by atoms with Crippen LogP contribution in [-0.4, -0.2) is 31.0 Å². The van der Waals surface area contributed by atoms with Crippen molar-refractivity contribution in [2.24, 2.45) is 0 Å². The molecule has 1 aliphatic heterocycles. The lowest BCUT2D eigenvalue weighted by Crippen LogP contribution is -2.42. The molecule has 0 unspecified atom stereocenters. The van der Waals surface area contributed by atoms with Gasteiger partial charge in [0.05, 0.1) is 16.0 Å². The Morgan fingerprint density at radius 1 is 0.714 bits per heavy atom. The highest BCUT2D eigenvalue weighted by atomic mass is 32.2. The van der Waals surface area contributed by atoms with E-state index in [1.807, 2.05) is 0 Å². The molecule has 0 aromatic heterocycles. The summed E-state index contributed by atoms with van der Waals surface area (Å²) in [6.45, 7) is 2.16. The zero-order valence-corrected chi connectivity index (χ0v) is 24.7. The molecule has 226 valence electrons. The van der Waals surface area contributed by atoms with E-state index in [1.165, 1.54) is 49.9 Å². The minimum absolute atomic E-state index is 0.102. The highest BCUT2D eigenvalue weighted by Gasteiger charge is 2.41. The number of thioether (sulfide) groups is 1. The molecule has 0 N–H and O–H groups in total. The second kappa shape index (κ2) is 14.0. The molecule has 6 nitrogen and oxygen atoms in total. The topological polar surface area (TPSA) is 80.8 Å². The number of unbranched alkanes of at least 4 members (excludes halogenated alkanes) is 9. The van der Waals surface area contributed by atoms with Crippen molar-refractivity contribution in [2.45, 2.75) is 80.9 Å². The van der Waals surface area contributed by atoms with Crippen LogP contribution >= 0.6 is 11.8 Å². The number of imide groups is 1. The number of hydrogen-bond acceptors (Lipinski definition) is 6. The fourth-order valence-electron chi connectivity index (χ4n) is 4.91. The van der Waals surface area contributed by atoms with Crippen LogP contribution in [0, 0.1) is 23.3 Å². The summed E-state index contributed by atoms with van der Waals surface area (Å²) >= 11 is 0.540. The molecule has 2 amide bonds. The number of carbonyl (C=O) groups excluding carboxylic acids is 2. The Kier molecular flexibility index (Phi) is 10.7. The SMILES string of the molecule is CCCCCCCCCCCCSc1c(F)c(F)c(S(=O)(=O)ON2C(=O)c3cccc4cccc(c34)C2=O)c(F)c1F. The molecule has 0 radical (unpaired) electrons. The van der Waals surface area contributed by atoms with Crippen LogP contribution in [0.3, 0.4) is 0 Å². The van der Waals surface area contributed by atoms with Crippen molar-refractivity contribution in [1.29, 1.82) is 0 Å². The standard InChI is InChI=1S/C30H31F4NO5S2/c1-2-3-4-5-6-7-8-9-10-11-18-41-27-23(31)25(33)28(26(34)24(27)32)42(38,39)40-35-29(36)20-16-12-14-19-15-13-17-21(22(19)20)30(35)37/h12-17H,2-11,18H2,1H3. The molecule has 0 atom stereocenters. The van der Waals surface area contributed by atoms with Crippen LogP contribution in [0.1, 0.15) is 91.8 Å². The van der Waals surface area contributed by atoms with E-state index in [9.17, 15) is 35.6 Å². The molecular formula is C30H31F4NO5S2. The van der Waals surface area contributed by atoms with E-state index in [-0.39, 0.29) is 27.3 Å². The van der Waals surface area contributed by atoms with Gasteiger partial charge < -0.3 is 0 Å². The van der Waals surface area contributed by atoms with Gasteiger partial charge in [-0.25, -0.2) is 17.6 Å². The third-order valence-electron chi connectivity index (χ3n) is 7.08. The van der Waals surface area contributed by atoms with Gasteiger partial charge >= 0.3 is 10.1 Å². The highest BCUT2D eigenvalue weighted by Crippen LogP contribution is 2.36. The van der Waals surface area contributed by atoms with Gasteiger partial charge in [0, 0.05) is 5.39 Å². The second-order valence-corrected chi connectivity index (χ2v) is 12.7. The van der Waals surface area contributed by atoms with E-state index in [0.29, 0.717) is 23.6 Å². The van der Waals surface area contributed by atoms with Gasteiger partial charge in [-0.15, -0.1) is 21.1 Å². The van der Waals surface area contributed by atoms with E-state index >= 15 is 0 Å². The molecule has 3 aromatic carbocycles. The quantitative estimate of drug-likeness (QED) is 0.0556. The first-order chi connectivity index (χ1) is 20.1. The van der Waals surface area contributed by atoms with E-state index in [2.05, 4.69) is 11.2 Å². The number of nitrogens with zero attached hydrogens (tertiary/aromatic N) is 1. The molecule has 4 rings (SSSR count). The van der Waals surface area contributed by atoms with E-state index in [1.54, 1.807) is 12.1 Å². The van der Waals surface area contributed by atoms with Crippen molar-refractivity contribution in [2.75, 3.05) is 5.75 Å². The first kappa shape index (κ1) is 32.0. The predicted octanol–water partition coefficient (Wildman–Crippen LogP) is 8.33. The number of amides is 2. The fraction of sp³-hybridized carbons (Fsp3) is 0.400. The molecule has 1 aliphatic rings. The third kappa shape index (κ3) is 6.65. The largest absolute Gasteiger partial charge is 0.324 e. The molecule has 0 aliphatic carbocycles. The van der Waals surface area contributed by atoms with Crippen molar-refractivity contribution in [1.82, 2.24) is 5.06 Å². The van der Waals surface area contributed by atoms with Crippen LogP contribution < -0.4 is 0 Å². The van der Waals surface area contributed by atoms with Crippen LogP contribution in [0.5, 0.6) is 0 Å². The monoisotopic (exact) mass is 625 g/mol. The van der Waals surface area contributed by atoms with Gasteiger partial charge in [-0.05, 0) is 29.7 Å². The Bertz CT molecular complexity index is 1520. The zero-order chi connectivity index (χ0) is 30.4. The molecule has 12 heteroatoms. The Labute approximate surface area is 246 Å². The normalized spacial score (nSPS) is 13.4. The summed E-state index contributed by atoms with van der Waals surface area (Å²) in [5.41, 5.74) is -0.204. The van der Waals surface area contributed by atoms with Crippen molar-refractivity contribution < 1.29 is 39.9 Å².